The van der Waals surface area contributed by atoms with Crippen LogP contribution >= 0.6 is 0 Å². The molecule has 134 valence electrons. The van der Waals surface area contributed by atoms with Crippen molar-refractivity contribution in [2.24, 2.45) is 11.1 Å². The Morgan fingerprint density at radius 1 is 1.08 bits per heavy atom. The van der Waals surface area contributed by atoms with E-state index in [1.807, 2.05) is 12.1 Å². The molecule has 3 atom stereocenters. The van der Waals surface area contributed by atoms with Crippen LogP contribution in [-0.4, -0.2) is 33.6 Å². The van der Waals surface area contributed by atoms with Gasteiger partial charge in [0, 0.05) is 12.1 Å². The molecule has 2 fully saturated rings. The highest BCUT2D eigenvalue weighted by Gasteiger charge is 2.33. The zero-order chi connectivity index (χ0) is 17.0. The summed E-state index contributed by atoms with van der Waals surface area (Å²) in [5, 5.41) is 12.6. The van der Waals surface area contributed by atoms with Crippen molar-refractivity contribution in [1.82, 2.24) is 10.6 Å². The molecule has 6 heteroatoms. The molecule has 1 saturated heterocycles. The summed E-state index contributed by atoms with van der Waals surface area (Å²) in [7, 11) is -3.60. The van der Waals surface area contributed by atoms with E-state index in [4.69, 9.17) is 5.14 Å². The second kappa shape index (κ2) is 7.95. The maximum absolute atomic E-state index is 11.3. The van der Waals surface area contributed by atoms with Crippen molar-refractivity contribution in [3.05, 3.63) is 29.8 Å². The van der Waals surface area contributed by atoms with Crippen molar-refractivity contribution in [2.45, 2.75) is 61.9 Å². The van der Waals surface area contributed by atoms with Gasteiger partial charge in [0.15, 0.2) is 0 Å². The molecule has 0 bridgehead atoms. The molecule has 0 spiro atoms. The highest BCUT2D eigenvalue weighted by molar-refractivity contribution is 7.89. The summed E-state index contributed by atoms with van der Waals surface area (Å²) in [5.41, 5.74) is 1.14. The lowest BCUT2D eigenvalue weighted by molar-refractivity contribution is 0.258. The predicted octanol–water partition coefficient (Wildman–Crippen LogP) is 1.78. The van der Waals surface area contributed by atoms with Crippen LogP contribution < -0.4 is 15.8 Å². The van der Waals surface area contributed by atoms with E-state index < -0.39 is 10.0 Å². The van der Waals surface area contributed by atoms with Crippen LogP contribution in [0, 0.1) is 5.92 Å². The fraction of sp³-hybridized carbons (Fsp3) is 0.667. The Morgan fingerprint density at radius 3 is 2.54 bits per heavy atom. The van der Waals surface area contributed by atoms with Crippen LogP contribution in [0.25, 0.3) is 0 Å². The zero-order valence-corrected chi connectivity index (χ0v) is 15.0. The molecular formula is C18H29N3O2S. The fourth-order valence-corrected chi connectivity index (χ4v) is 4.73. The highest BCUT2D eigenvalue weighted by atomic mass is 32.2. The van der Waals surface area contributed by atoms with Crippen LogP contribution in [0.3, 0.4) is 0 Å². The van der Waals surface area contributed by atoms with Gasteiger partial charge in [-0.2, -0.15) is 0 Å². The summed E-state index contributed by atoms with van der Waals surface area (Å²) in [6.07, 6.45) is 8.83. The number of piperidine rings is 1. The number of primary sulfonamides is 1. The molecule has 5 nitrogen and oxygen atoms in total. The topological polar surface area (TPSA) is 84.2 Å². The molecule has 1 heterocycles. The predicted molar refractivity (Wildman–Crippen MR) is 96.3 cm³/mol. The summed E-state index contributed by atoms with van der Waals surface area (Å²) in [6, 6.07) is 8.20. The van der Waals surface area contributed by atoms with E-state index >= 15 is 0 Å². The minimum absolute atomic E-state index is 0.179. The van der Waals surface area contributed by atoms with E-state index in [1.54, 1.807) is 12.1 Å². The normalized spacial score (nSPS) is 28.1. The molecule has 4 N–H and O–H groups in total. The van der Waals surface area contributed by atoms with E-state index in [2.05, 4.69) is 10.6 Å². The standard InChI is InChI=1S/C18H29N3O2S/c19-24(22,23)15-9-7-14(8-10-15)11-13-21-18-6-3-4-16(18)17-5-1-2-12-20-17/h7-10,16-18,20-21H,1-6,11-13H2,(H2,19,22,23). The summed E-state index contributed by atoms with van der Waals surface area (Å²) in [6.45, 7) is 2.10. The highest BCUT2D eigenvalue weighted by Crippen LogP contribution is 2.31. The minimum Gasteiger partial charge on any atom is -0.314 e. The number of nitrogens with one attached hydrogen (secondary N) is 2. The van der Waals surface area contributed by atoms with Crippen LogP contribution in [0.15, 0.2) is 29.2 Å². The molecule has 0 aromatic heterocycles. The number of sulfonamides is 1. The van der Waals surface area contributed by atoms with Crippen molar-refractivity contribution in [3.63, 3.8) is 0 Å². The monoisotopic (exact) mass is 351 g/mol. The van der Waals surface area contributed by atoms with Gasteiger partial charge in [-0.25, -0.2) is 13.6 Å². The van der Waals surface area contributed by atoms with Crippen molar-refractivity contribution < 1.29 is 8.42 Å². The van der Waals surface area contributed by atoms with Gasteiger partial charge in [-0.1, -0.05) is 25.0 Å². The van der Waals surface area contributed by atoms with Gasteiger partial charge in [0.2, 0.25) is 10.0 Å². The van der Waals surface area contributed by atoms with E-state index in [0.29, 0.717) is 12.1 Å². The van der Waals surface area contributed by atoms with Crippen molar-refractivity contribution in [3.8, 4) is 0 Å². The average molecular weight is 352 g/mol. The molecule has 3 unspecified atom stereocenters. The maximum Gasteiger partial charge on any atom is 0.238 e. The van der Waals surface area contributed by atoms with Gasteiger partial charge in [0.05, 0.1) is 4.90 Å². The molecular weight excluding hydrogens is 322 g/mol. The summed E-state index contributed by atoms with van der Waals surface area (Å²) < 4.78 is 22.6. The van der Waals surface area contributed by atoms with E-state index in [9.17, 15) is 8.42 Å². The second-order valence-electron chi connectivity index (χ2n) is 7.15. The number of rotatable bonds is 6. The Balaban J connectivity index is 1.48. The molecule has 1 aliphatic carbocycles. The number of hydrogen-bond donors (Lipinski definition) is 3. The first kappa shape index (κ1) is 17.9. The fourth-order valence-electron chi connectivity index (χ4n) is 4.22. The van der Waals surface area contributed by atoms with E-state index in [-0.39, 0.29) is 4.90 Å². The first-order valence-electron chi connectivity index (χ1n) is 9.12. The van der Waals surface area contributed by atoms with Crippen molar-refractivity contribution in [2.75, 3.05) is 13.1 Å². The Labute approximate surface area is 145 Å². The maximum atomic E-state index is 11.3. The molecule has 0 amide bonds. The molecule has 1 saturated carbocycles. The van der Waals surface area contributed by atoms with Gasteiger partial charge in [0.1, 0.15) is 0 Å². The number of hydrogen-bond acceptors (Lipinski definition) is 4. The van der Waals surface area contributed by atoms with Crippen molar-refractivity contribution >= 4 is 10.0 Å². The molecule has 1 aromatic carbocycles. The van der Waals surface area contributed by atoms with Gasteiger partial charge >= 0.3 is 0 Å². The smallest absolute Gasteiger partial charge is 0.238 e. The lowest BCUT2D eigenvalue weighted by Gasteiger charge is -2.33. The first-order valence-corrected chi connectivity index (χ1v) is 10.7. The summed E-state index contributed by atoms with van der Waals surface area (Å²) in [5.74, 6) is 0.759. The summed E-state index contributed by atoms with van der Waals surface area (Å²) >= 11 is 0. The summed E-state index contributed by atoms with van der Waals surface area (Å²) in [4.78, 5) is 0.179. The van der Waals surface area contributed by atoms with Crippen LogP contribution in [0.4, 0.5) is 0 Å². The molecule has 3 rings (SSSR count). The molecule has 24 heavy (non-hydrogen) atoms. The number of benzene rings is 1. The van der Waals surface area contributed by atoms with Crippen LogP contribution in [0.5, 0.6) is 0 Å². The van der Waals surface area contributed by atoms with Crippen molar-refractivity contribution in [1.29, 1.82) is 0 Å². The van der Waals surface area contributed by atoms with Gasteiger partial charge in [0.25, 0.3) is 0 Å². The lowest BCUT2D eigenvalue weighted by Crippen LogP contribution is -2.47. The number of nitrogens with two attached hydrogens (primary N) is 1. The van der Waals surface area contributed by atoms with Crippen LogP contribution in [-0.2, 0) is 16.4 Å². The Kier molecular flexibility index (Phi) is 5.92. The van der Waals surface area contributed by atoms with E-state index in [0.717, 1.165) is 24.4 Å². The first-order chi connectivity index (χ1) is 11.5. The SMILES string of the molecule is NS(=O)(=O)c1ccc(CCNC2CCCC2C2CCCCN2)cc1. The quantitative estimate of drug-likeness (QED) is 0.729. The lowest BCUT2D eigenvalue weighted by atomic mass is 9.88. The third-order valence-electron chi connectivity index (χ3n) is 5.51. The minimum atomic E-state index is -3.60. The Morgan fingerprint density at radius 2 is 1.88 bits per heavy atom. The van der Waals surface area contributed by atoms with Crippen LogP contribution in [0.1, 0.15) is 44.1 Å². The molecule has 1 aliphatic heterocycles. The van der Waals surface area contributed by atoms with Gasteiger partial charge in [-0.3, -0.25) is 0 Å². The average Bonchev–Trinajstić information content (AvgIpc) is 3.04. The van der Waals surface area contributed by atoms with Crippen LogP contribution in [0.2, 0.25) is 0 Å². The zero-order valence-electron chi connectivity index (χ0n) is 14.2. The van der Waals surface area contributed by atoms with Gasteiger partial charge in [-0.15, -0.1) is 0 Å². The third kappa shape index (κ3) is 4.57. The molecule has 0 radical (unpaired) electrons. The largest absolute Gasteiger partial charge is 0.314 e. The van der Waals surface area contributed by atoms with Gasteiger partial charge in [-0.05, 0) is 68.8 Å². The van der Waals surface area contributed by atoms with Gasteiger partial charge < -0.3 is 10.6 Å². The molecule has 2 aliphatic rings. The Hall–Kier alpha value is -0.950. The third-order valence-corrected chi connectivity index (χ3v) is 6.44. The second-order valence-corrected chi connectivity index (χ2v) is 8.71. The van der Waals surface area contributed by atoms with E-state index in [1.165, 1.54) is 45.1 Å². The molecule has 1 aromatic rings. The Bertz CT molecular complexity index is 624.